The quantitative estimate of drug-likeness (QED) is 0.497. The van der Waals surface area contributed by atoms with E-state index in [-0.39, 0.29) is 11.4 Å². The van der Waals surface area contributed by atoms with Crippen molar-refractivity contribution >= 4 is 23.1 Å². The van der Waals surface area contributed by atoms with Gasteiger partial charge in [-0.15, -0.1) is 0 Å². The van der Waals surface area contributed by atoms with E-state index in [1.807, 2.05) is 10.6 Å². The second-order valence-electron chi connectivity index (χ2n) is 5.29. The molecule has 2 amide bonds. The summed E-state index contributed by atoms with van der Waals surface area (Å²) in [6, 6.07) is 5.12. The molecule has 0 saturated heterocycles. The van der Waals surface area contributed by atoms with Gasteiger partial charge in [0.05, 0.1) is 29.3 Å². The van der Waals surface area contributed by atoms with Gasteiger partial charge in [-0.05, 0) is 30.3 Å². The van der Waals surface area contributed by atoms with Crippen molar-refractivity contribution in [3.63, 3.8) is 0 Å². The van der Waals surface area contributed by atoms with Crippen molar-refractivity contribution < 1.29 is 31.1 Å². The molecule has 2 aromatic carbocycles. The Hall–Kier alpha value is -3.73. The number of hydrogen-bond donors (Lipinski definition) is 2. The number of rotatable bonds is 2. The second-order valence-corrected chi connectivity index (χ2v) is 5.29. The SMILES string of the molecule is [C-]#[N+]c1ccc(NC(=O)Nc2ccc(C#N)c(C(F)(F)F)c2)cc1C(F)(F)F. The van der Waals surface area contributed by atoms with Crippen molar-refractivity contribution in [3.8, 4) is 6.07 Å². The zero-order chi connectivity index (χ0) is 21.1. The topological polar surface area (TPSA) is 69.3 Å². The lowest BCUT2D eigenvalue weighted by Crippen LogP contribution is -2.20. The first-order valence-corrected chi connectivity index (χ1v) is 7.23. The lowest BCUT2D eigenvalue weighted by molar-refractivity contribution is -0.138. The Kier molecular flexibility index (Phi) is 5.50. The molecule has 11 heteroatoms. The Labute approximate surface area is 154 Å². The van der Waals surface area contributed by atoms with Gasteiger partial charge >= 0.3 is 18.4 Å². The van der Waals surface area contributed by atoms with Gasteiger partial charge in [0, 0.05) is 11.4 Å². The van der Waals surface area contributed by atoms with E-state index in [1.165, 1.54) is 6.07 Å². The van der Waals surface area contributed by atoms with E-state index in [2.05, 4.69) is 4.85 Å². The summed E-state index contributed by atoms with van der Waals surface area (Å²) >= 11 is 0. The van der Waals surface area contributed by atoms with Gasteiger partial charge in [0.1, 0.15) is 0 Å². The van der Waals surface area contributed by atoms with Gasteiger partial charge in [-0.25, -0.2) is 9.64 Å². The lowest BCUT2D eigenvalue weighted by Gasteiger charge is -2.14. The Morgan fingerprint density at radius 1 is 0.929 bits per heavy atom. The summed E-state index contributed by atoms with van der Waals surface area (Å²) in [7, 11) is 0. The molecule has 0 bridgehead atoms. The second kappa shape index (κ2) is 7.48. The van der Waals surface area contributed by atoms with Crippen molar-refractivity contribution in [2.45, 2.75) is 12.4 Å². The van der Waals surface area contributed by atoms with Gasteiger partial charge < -0.3 is 10.6 Å². The van der Waals surface area contributed by atoms with Crippen molar-refractivity contribution in [1.29, 1.82) is 5.26 Å². The van der Waals surface area contributed by atoms with Gasteiger partial charge in [-0.1, -0.05) is 6.07 Å². The summed E-state index contributed by atoms with van der Waals surface area (Å²) < 4.78 is 77.5. The van der Waals surface area contributed by atoms with Crippen LogP contribution in [-0.2, 0) is 12.4 Å². The average molecular weight is 398 g/mol. The monoisotopic (exact) mass is 398 g/mol. The zero-order valence-electron chi connectivity index (χ0n) is 13.5. The molecule has 0 saturated carbocycles. The van der Waals surface area contributed by atoms with Crippen LogP contribution in [0.2, 0.25) is 0 Å². The normalized spacial score (nSPS) is 11.3. The van der Waals surface area contributed by atoms with Crippen molar-refractivity contribution in [2.75, 3.05) is 10.6 Å². The zero-order valence-corrected chi connectivity index (χ0v) is 13.5. The van der Waals surface area contributed by atoms with Gasteiger partial charge in [-0.2, -0.15) is 31.6 Å². The summed E-state index contributed by atoms with van der Waals surface area (Å²) in [5.74, 6) is 0. The van der Waals surface area contributed by atoms with E-state index in [0.717, 1.165) is 24.3 Å². The summed E-state index contributed by atoms with van der Waals surface area (Å²) in [6.45, 7) is 6.74. The maximum atomic E-state index is 12.9. The van der Waals surface area contributed by atoms with E-state index >= 15 is 0 Å². The van der Waals surface area contributed by atoms with Gasteiger partial charge in [-0.3, -0.25) is 0 Å². The Balaban J connectivity index is 2.24. The van der Waals surface area contributed by atoms with Crippen LogP contribution < -0.4 is 10.6 Å². The Bertz CT molecular complexity index is 919. The number of hydrogen-bond acceptors (Lipinski definition) is 2. The maximum absolute atomic E-state index is 12.9. The molecular weight excluding hydrogens is 390 g/mol. The molecule has 0 aromatic heterocycles. The summed E-state index contributed by atoms with van der Waals surface area (Å²) in [5.41, 5.74) is -4.49. The summed E-state index contributed by atoms with van der Waals surface area (Å²) in [5, 5.41) is 12.8. The largest absolute Gasteiger partial charge is 0.417 e. The van der Waals surface area contributed by atoms with Gasteiger partial charge in [0.2, 0.25) is 0 Å². The van der Waals surface area contributed by atoms with Crippen LogP contribution in [0, 0.1) is 17.9 Å². The minimum atomic E-state index is -4.84. The van der Waals surface area contributed by atoms with Crippen LogP contribution in [0.15, 0.2) is 36.4 Å². The maximum Gasteiger partial charge on any atom is 0.417 e. The first-order chi connectivity index (χ1) is 13.0. The predicted octanol–water partition coefficient (Wildman–Crippen LogP) is 5.79. The molecule has 0 aliphatic rings. The number of carbonyl (C=O) groups excluding carboxylic acids is 1. The molecule has 0 radical (unpaired) electrons. The summed E-state index contributed by atoms with van der Waals surface area (Å²) in [6.07, 6.45) is -9.67. The van der Waals surface area contributed by atoms with Crippen LogP contribution in [0.25, 0.3) is 4.85 Å². The molecule has 28 heavy (non-hydrogen) atoms. The number of carbonyl (C=O) groups is 1. The highest BCUT2D eigenvalue weighted by atomic mass is 19.4. The molecule has 2 aromatic rings. The number of halogens is 6. The molecule has 5 nitrogen and oxygen atoms in total. The Morgan fingerprint density at radius 2 is 1.43 bits per heavy atom. The Morgan fingerprint density at radius 3 is 1.89 bits per heavy atom. The first-order valence-electron chi connectivity index (χ1n) is 7.23. The molecule has 2 rings (SSSR count). The number of alkyl halides is 6. The van der Waals surface area contributed by atoms with E-state index in [9.17, 15) is 31.1 Å². The highest BCUT2D eigenvalue weighted by Crippen LogP contribution is 2.38. The minimum absolute atomic E-state index is 0.318. The lowest BCUT2D eigenvalue weighted by atomic mass is 10.1. The number of amides is 2. The van der Waals surface area contributed by atoms with Crippen LogP contribution in [0.3, 0.4) is 0 Å². The van der Waals surface area contributed by atoms with Crippen molar-refractivity contribution in [2.24, 2.45) is 0 Å². The highest BCUT2D eigenvalue weighted by molar-refractivity contribution is 6.00. The number of anilines is 2. The van der Waals surface area contributed by atoms with Gasteiger partial charge in [0.25, 0.3) is 0 Å². The van der Waals surface area contributed by atoms with Crippen LogP contribution in [0.5, 0.6) is 0 Å². The van der Waals surface area contributed by atoms with E-state index in [0.29, 0.717) is 12.1 Å². The molecule has 0 spiro atoms. The smallest absolute Gasteiger partial charge is 0.308 e. The molecule has 144 valence electrons. The molecule has 2 N–H and O–H groups in total. The number of nitrogens with one attached hydrogen (secondary N) is 2. The number of urea groups is 1. The standard InChI is InChI=1S/C17H8F6N4O/c1-25-14-5-4-11(7-13(14)17(21,22)23)27-15(28)26-10-3-2-9(8-24)12(6-10)16(18,19)20/h2-7H,(H2,26,27,28). The molecule has 0 aliphatic heterocycles. The first kappa shape index (κ1) is 20.6. The van der Waals surface area contributed by atoms with Gasteiger partial charge in [0.15, 0.2) is 5.69 Å². The molecule has 0 unspecified atom stereocenters. The summed E-state index contributed by atoms with van der Waals surface area (Å²) in [4.78, 5) is 14.6. The number of nitriles is 1. The number of nitrogens with zero attached hydrogens (tertiary/aromatic N) is 2. The number of benzene rings is 2. The fraction of sp³-hybridized carbons (Fsp3) is 0.118. The van der Waals surface area contributed by atoms with Crippen LogP contribution in [0.4, 0.5) is 48.2 Å². The van der Waals surface area contributed by atoms with E-state index < -0.39 is 40.8 Å². The fourth-order valence-corrected chi connectivity index (χ4v) is 2.19. The van der Waals surface area contributed by atoms with Crippen molar-refractivity contribution in [3.05, 3.63) is 64.5 Å². The predicted molar refractivity (Wildman–Crippen MR) is 86.5 cm³/mol. The highest BCUT2D eigenvalue weighted by Gasteiger charge is 2.34. The minimum Gasteiger partial charge on any atom is -0.308 e. The van der Waals surface area contributed by atoms with E-state index in [4.69, 9.17) is 11.8 Å². The fourth-order valence-electron chi connectivity index (χ4n) is 2.19. The third kappa shape index (κ3) is 4.71. The third-order valence-electron chi connectivity index (χ3n) is 3.38. The van der Waals surface area contributed by atoms with Crippen LogP contribution in [0.1, 0.15) is 16.7 Å². The van der Waals surface area contributed by atoms with E-state index in [1.54, 1.807) is 0 Å². The van der Waals surface area contributed by atoms with Crippen molar-refractivity contribution in [1.82, 2.24) is 0 Å². The molecule has 0 aliphatic carbocycles. The third-order valence-corrected chi connectivity index (χ3v) is 3.38. The molecule has 0 atom stereocenters. The van der Waals surface area contributed by atoms with Crippen LogP contribution >= 0.6 is 0 Å². The molecular formula is C17H8F6N4O. The molecule has 0 fully saturated rings. The average Bonchev–Trinajstić information content (AvgIpc) is 2.60. The molecule has 0 heterocycles. The van der Waals surface area contributed by atoms with Crippen LogP contribution in [-0.4, -0.2) is 6.03 Å².